The Labute approximate surface area is 69.7 Å². The number of carboxylic acids is 1. The van der Waals surface area contributed by atoms with E-state index in [-0.39, 0.29) is 6.54 Å². The molecule has 1 rings (SSSR count). The molecule has 0 aliphatic carbocycles. The Bertz CT molecular complexity index is 266. The van der Waals surface area contributed by atoms with Gasteiger partial charge >= 0.3 is 5.97 Å². The fourth-order valence-corrected chi connectivity index (χ4v) is 1.97. The first-order valence-corrected chi connectivity index (χ1v) is 4.98. The highest BCUT2D eigenvalue weighted by atomic mass is 32.2. The van der Waals surface area contributed by atoms with Crippen molar-refractivity contribution in [3.63, 3.8) is 0 Å². The molecule has 0 radical (unpaired) electrons. The van der Waals surface area contributed by atoms with Gasteiger partial charge in [0.2, 0.25) is 10.0 Å². The molecule has 1 aliphatic heterocycles. The molecule has 1 fully saturated rings. The molecule has 0 spiro atoms. The summed E-state index contributed by atoms with van der Waals surface area (Å²) in [6, 6.07) is 0. The lowest BCUT2D eigenvalue weighted by molar-refractivity contribution is -0.134. The van der Waals surface area contributed by atoms with Gasteiger partial charge in [-0.15, -0.1) is 0 Å². The average molecular weight is 195 g/mol. The molecular formula is C5H9NO5S. The highest BCUT2D eigenvalue weighted by molar-refractivity contribution is 7.89. The predicted octanol–water partition coefficient (Wildman–Crippen LogP) is -0.962. The highest BCUT2D eigenvalue weighted by Gasteiger charge is 2.28. The number of hydrogen-bond acceptors (Lipinski definition) is 4. The normalized spacial score (nSPS) is 19.7. The summed E-state index contributed by atoms with van der Waals surface area (Å²) in [5.74, 6) is -2.28. The number of hydroxylamine groups is 1. The minimum atomic E-state index is -3.75. The third-order valence-electron chi connectivity index (χ3n) is 1.34. The van der Waals surface area contributed by atoms with Gasteiger partial charge in [-0.2, -0.15) is 0 Å². The van der Waals surface area contributed by atoms with Crippen molar-refractivity contribution in [2.45, 2.75) is 6.42 Å². The first-order valence-electron chi connectivity index (χ1n) is 3.37. The molecule has 1 heterocycles. The van der Waals surface area contributed by atoms with E-state index < -0.39 is 21.7 Å². The molecule has 1 N–H and O–H groups in total. The Balaban J connectivity index is 2.64. The summed E-state index contributed by atoms with van der Waals surface area (Å²) >= 11 is 0. The first kappa shape index (κ1) is 9.43. The lowest BCUT2D eigenvalue weighted by Gasteiger charge is -2.11. The van der Waals surface area contributed by atoms with Crippen LogP contribution in [0.1, 0.15) is 6.42 Å². The number of aliphatic carboxylic acids is 1. The average Bonchev–Trinajstić information content (AvgIpc) is 2.32. The monoisotopic (exact) mass is 195 g/mol. The van der Waals surface area contributed by atoms with E-state index in [4.69, 9.17) is 9.94 Å². The van der Waals surface area contributed by atoms with Gasteiger partial charge in [-0.05, 0) is 6.42 Å². The number of nitrogens with zero attached hydrogens (tertiary/aromatic N) is 1. The summed E-state index contributed by atoms with van der Waals surface area (Å²) in [6.07, 6.45) is 0.610. The topological polar surface area (TPSA) is 83.9 Å². The van der Waals surface area contributed by atoms with Crippen LogP contribution in [0.4, 0.5) is 0 Å². The molecule has 0 atom stereocenters. The summed E-state index contributed by atoms with van der Waals surface area (Å²) in [6.45, 7) is 0.578. The van der Waals surface area contributed by atoms with Gasteiger partial charge in [0, 0.05) is 6.54 Å². The second-order valence-electron chi connectivity index (χ2n) is 2.36. The SMILES string of the molecule is O=C(O)CS(=O)(=O)N1CCCO1. The molecule has 12 heavy (non-hydrogen) atoms. The van der Waals surface area contributed by atoms with Gasteiger partial charge in [0.05, 0.1) is 6.61 Å². The maximum Gasteiger partial charge on any atom is 0.320 e. The van der Waals surface area contributed by atoms with Crippen LogP contribution in [0.15, 0.2) is 0 Å². The third kappa shape index (κ3) is 2.16. The zero-order chi connectivity index (χ0) is 9.19. The standard InChI is InChI=1S/C5H9NO5S/c7-5(8)4-12(9,10)6-2-1-3-11-6/h1-4H2,(H,7,8). The zero-order valence-corrected chi connectivity index (χ0v) is 7.08. The van der Waals surface area contributed by atoms with Gasteiger partial charge in [-0.1, -0.05) is 4.47 Å². The molecule has 0 saturated carbocycles. The number of carbonyl (C=O) groups is 1. The van der Waals surface area contributed by atoms with Crippen LogP contribution >= 0.6 is 0 Å². The van der Waals surface area contributed by atoms with E-state index in [1.165, 1.54) is 0 Å². The molecule has 0 bridgehead atoms. The Morgan fingerprint density at radius 3 is 2.67 bits per heavy atom. The maximum absolute atomic E-state index is 11.1. The lowest BCUT2D eigenvalue weighted by Crippen LogP contribution is -2.32. The smallest absolute Gasteiger partial charge is 0.320 e. The van der Waals surface area contributed by atoms with Gasteiger partial charge in [0.15, 0.2) is 5.75 Å². The maximum atomic E-state index is 11.1. The Kier molecular flexibility index (Phi) is 2.65. The van der Waals surface area contributed by atoms with E-state index in [2.05, 4.69) is 0 Å². The molecule has 1 saturated heterocycles. The van der Waals surface area contributed by atoms with Crippen molar-refractivity contribution in [3.8, 4) is 0 Å². The summed E-state index contributed by atoms with van der Waals surface area (Å²) in [4.78, 5) is 14.8. The van der Waals surface area contributed by atoms with Crippen LogP contribution < -0.4 is 0 Å². The van der Waals surface area contributed by atoms with Crippen LogP contribution in [0.3, 0.4) is 0 Å². The largest absolute Gasteiger partial charge is 0.480 e. The van der Waals surface area contributed by atoms with Crippen LogP contribution in [-0.2, 0) is 19.7 Å². The van der Waals surface area contributed by atoms with Gasteiger partial charge in [-0.25, -0.2) is 8.42 Å². The van der Waals surface area contributed by atoms with Crippen LogP contribution in [0.5, 0.6) is 0 Å². The molecular weight excluding hydrogens is 186 g/mol. The van der Waals surface area contributed by atoms with Crippen molar-refractivity contribution in [2.75, 3.05) is 18.9 Å². The van der Waals surface area contributed by atoms with Crippen LogP contribution in [0.2, 0.25) is 0 Å². The van der Waals surface area contributed by atoms with E-state index >= 15 is 0 Å². The molecule has 6 nitrogen and oxygen atoms in total. The molecule has 0 aromatic rings. The Morgan fingerprint density at radius 2 is 2.25 bits per heavy atom. The predicted molar refractivity (Wildman–Crippen MR) is 38.7 cm³/mol. The van der Waals surface area contributed by atoms with Crippen molar-refractivity contribution in [2.24, 2.45) is 0 Å². The van der Waals surface area contributed by atoms with Crippen molar-refractivity contribution in [1.29, 1.82) is 0 Å². The highest BCUT2D eigenvalue weighted by Crippen LogP contribution is 2.10. The number of sulfonamides is 1. The first-order chi connectivity index (χ1) is 5.52. The van der Waals surface area contributed by atoms with Crippen molar-refractivity contribution >= 4 is 16.0 Å². The number of carboxylic acid groups (broad SMARTS) is 1. The second kappa shape index (κ2) is 3.38. The summed E-state index contributed by atoms with van der Waals surface area (Å²) < 4.78 is 22.9. The molecule has 1 aliphatic rings. The van der Waals surface area contributed by atoms with Gasteiger partial charge in [0.25, 0.3) is 0 Å². The number of hydrogen-bond donors (Lipinski definition) is 1. The summed E-state index contributed by atoms with van der Waals surface area (Å²) in [5, 5.41) is 8.25. The number of rotatable bonds is 3. The van der Waals surface area contributed by atoms with Crippen molar-refractivity contribution < 1.29 is 23.2 Å². The van der Waals surface area contributed by atoms with E-state index in [1.54, 1.807) is 0 Å². The minimum Gasteiger partial charge on any atom is -0.480 e. The van der Waals surface area contributed by atoms with Crippen molar-refractivity contribution in [3.05, 3.63) is 0 Å². The van der Waals surface area contributed by atoms with E-state index in [0.717, 1.165) is 4.47 Å². The van der Waals surface area contributed by atoms with Gasteiger partial charge in [-0.3, -0.25) is 9.63 Å². The second-order valence-corrected chi connectivity index (χ2v) is 4.22. The Morgan fingerprint density at radius 1 is 1.58 bits per heavy atom. The zero-order valence-electron chi connectivity index (χ0n) is 6.26. The summed E-state index contributed by atoms with van der Waals surface area (Å²) in [7, 11) is -3.75. The van der Waals surface area contributed by atoms with Crippen molar-refractivity contribution in [1.82, 2.24) is 4.47 Å². The minimum absolute atomic E-state index is 0.246. The molecule has 0 aromatic heterocycles. The summed E-state index contributed by atoms with van der Waals surface area (Å²) in [5.41, 5.74) is 0. The van der Waals surface area contributed by atoms with E-state index in [9.17, 15) is 13.2 Å². The molecule has 0 aromatic carbocycles. The fraction of sp³-hybridized carbons (Fsp3) is 0.800. The molecule has 7 heteroatoms. The third-order valence-corrected chi connectivity index (χ3v) is 2.86. The van der Waals surface area contributed by atoms with Crippen LogP contribution in [0.25, 0.3) is 0 Å². The van der Waals surface area contributed by atoms with Crippen LogP contribution in [-0.4, -0.2) is 42.9 Å². The Hall–Kier alpha value is -0.660. The lowest BCUT2D eigenvalue weighted by atomic mass is 10.5. The fourth-order valence-electron chi connectivity index (χ4n) is 0.872. The molecule has 0 unspecified atom stereocenters. The molecule has 0 amide bonds. The van der Waals surface area contributed by atoms with Gasteiger partial charge in [0.1, 0.15) is 0 Å². The van der Waals surface area contributed by atoms with Crippen LogP contribution in [0, 0.1) is 0 Å². The molecule has 70 valence electrons. The van der Waals surface area contributed by atoms with E-state index in [1.807, 2.05) is 0 Å². The quantitative estimate of drug-likeness (QED) is 0.627. The van der Waals surface area contributed by atoms with Gasteiger partial charge < -0.3 is 5.11 Å². The van der Waals surface area contributed by atoms with E-state index in [0.29, 0.717) is 13.0 Å².